The Bertz CT molecular complexity index is 972. The number of benzene rings is 2. The number of nitrogens with one attached hydrogen (secondary N) is 1. The summed E-state index contributed by atoms with van der Waals surface area (Å²) in [4.78, 5) is 12.6. The first-order chi connectivity index (χ1) is 14.0. The average molecular weight is 409 g/mol. The van der Waals surface area contributed by atoms with Gasteiger partial charge in [-0.1, -0.05) is 47.9 Å². The van der Waals surface area contributed by atoms with Crippen LogP contribution in [0.4, 0.5) is 0 Å². The van der Waals surface area contributed by atoms with Gasteiger partial charge in [-0.25, -0.2) is 0 Å². The van der Waals surface area contributed by atoms with Gasteiger partial charge in [0.25, 0.3) is 5.91 Å². The molecule has 2 aromatic rings. The van der Waals surface area contributed by atoms with Crippen molar-refractivity contribution in [1.29, 1.82) is 5.26 Å². The lowest BCUT2D eigenvalue weighted by Crippen LogP contribution is -2.27. The van der Waals surface area contributed by atoms with E-state index in [1.165, 1.54) is 6.08 Å². The highest BCUT2D eigenvalue weighted by atomic mass is 35.5. The Morgan fingerprint density at radius 1 is 1.31 bits per heavy atom. The molecule has 29 heavy (non-hydrogen) atoms. The fourth-order valence-corrected chi connectivity index (χ4v) is 2.88. The lowest BCUT2D eigenvalue weighted by molar-refractivity contribution is -0.117. The van der Waals surface area contributed by atoms with Gasteiger partial charge in [-0.3, -0.25) is 4.79 Å². The number of carbonyl (C=O) groups excluding carboxylic acids is 1. The molecule has 2 aromatic carbocycles. The summed E-state index contributed by atoms with van der Waals surface area (Å²) < 4.78 is 11.0. The van der Waals surface area contributed by atoms with Crippen molar-refractivity contribution >= 4 is 23.6 Å². The standard InChI is InChI=1S/C23H21ClN2O3/c1-4-11-29-22-20(24)13-17(14-21(22)28-5-2)12-19(15-25)23(27)26-16(3)18-9-7-6-8-10-18/h1,6-10,12-14,16H,5,11H2,2-3H3,(H,26,27)/b19-12+/t16-/m1/s1. The molecule has 0 spiro atoms. The second-order valence-electron chi connectivity index (χ2n) is 6.03. The van der Waals surface area contributed by atoms with Crippen LogP contribution < -0.4 is 14.8 Å². The summed E-state index contributed by atoms with van der Waals surface area (Å²) in [5.74, 6) is 2.60. The molecule has 6 heteroatoms. The highest BCUT2D eigenvalue weighted by Gasteiger charge is 2.16. The molecule has 0 fully saturated rings. The Labute approximate surface area is 175 Å². The number of nitriles is 1. The predicted octanol–water partition coefficient (Wildman–Crippen LogP) is 4.54. The molecule has 1 amide bonds. The quantitative estimate of drug-likeness (QED) is 0.395. The van der Waals surface area contributed by atoms with E-state index in [1.54, 1.807) is 12.1 Å². The zero-order valence-corrected chi connectivity index (χ0v) is 17.0. The minimum absolute atomic E-state index is 0.0399. The number of rotatable bonds is 8. The number of ether oxygens (including phenoxy) is 2. The monoisotopic (exact) mass is 408 g/mol. The van der Waals surface area contributed by atoms with Crippen molar-refractivity contribution in [3.05, 3.63) is 64.2 Å². The summed E-state index contributed by atoms with van der Waals surface area (Å²) in [5.41, 5.74) is 1.42. The molecule has 5 nitrogen and oxygen atoms in total. The third-order valence-corrected chi connectivity index (χ3v) is 4.24. The van der Waals surface area contributed by atoms with Crippen molar-refractivity contribution in [2.75, 3.05) is 13.2 Å². The summed E-state index contributed by atoms with van der Waals surface area (Å²) >= 11 is 6.29. The first-order valence-corrected chi connectivity index (χ1v) is 9.38. The van der Waals surface area contributed by atoms with Gasteiger partial charge in [-0.15, -0.1) is 6.42 Å². The number of amides is 1. The molecule has 0 saturated heterocycles. The zero-order valence-electron chi connectivity index (χ0n) is 16.2. The van der Waals surface area contributed by atoms with Crippen molar-refractivity contribution in [1.82, 2.24) is 5.32 Å². The van der Waals surface area contributed by atoms with Crippen LogP contribution in [0.5, 0.6) is 11.5 Å². The van der Waals surface area contributed by atoms with Crippen LogP contribution in [0.25, 0.3) is 6.08 Å². The second kappa shape index (κ2) is 10.8. The minimum Gasteiger partial charge on any atom is -0.490 e. The van der Waals surface area contributed by atoms with Gasteiger partial charge in [0.15, 0.2) is 11.5 Å². The van der Waals surface area contributed by atoms with Crippen molar-refractivity contribution in [2.24, 2.45) is 0 Å². The lowest BCUT2D eigenvalue weighted by atomic mass is 10.1. The Morgan fingerprint density at radius 2 is 2.03 bits per heavy atom. The normalized spacial score (nSPS) is 11.7. The van der Waals surface area contributed by atoms with E-state index in [-0.39, 0.29) is 23.2 Å². The van der Waals surface area contributed by atoms with Crippen LogP contribution >= 0.6 is 11.6 Å². The maximum absolute atomic E-state index is 12.6. The zero-order chi connectivity index (χ0) is 21.2. The number of hydrogen-bond donors (Lipinski definition) is 1. The molecule has 2 rings (SSSR count). The highest BCUT2D eigenvalue weighted by Crippen LogP contribution is 2.37. The summed E-state index contributed by atoms with van der Waals surface area (Å²) in [6.45, 7) is 4.10. The van der Waals surface area contributed by atoms with Crippen LogP contribution in [0, 0.1) is 23.7 Å². The minimum atomic E-state index is -0.481. The summed E-state index contributed by atoms with van der Waals surface area (Å²) in [6.07, 6.45) is 6.68. The fourth-order valence-electron chi connectivity index (χ4n) is 2.60. The summed E-state index contributed by atoms with van der Waals surface area (Å²) in [7, 11) is 0. The number of nitrogens with zero attached hydrogens (tertiary/aromatic N) is 1. The molecular formula is C23H21ClN2O3. The topological polar surface area (TPSA) is 71.3 Å². The first kappa shape index (κ1) is 21.9. The molecule has 0 aromatic heterocycles. The molecule has 1 N–H and O–H groups in total. The molecule has 0 aliphatic heterocycles. The molecule has 0 aliphatic rings. The van der Waals surface area contributed by atoms with Gasteiger partial charge >= 0.3 is 0 Å². The second-order valence-corrected chi connectivity index (χ2v) is 6.44. The highest BCUT2D eigenvalue weighted by molar-refractivity contribution is 6.32. The largest absolute Gasteiger partial charge is 0.490 e. The SMILES string of the molecule is C#CCOc1c(Cl)cc(/C=C(\C#N)C(=O)N[C@H](C)c2ccccc2)cc1OCC. The Balaban J connectivity index is 2.28. The lowest BCUT2D eigenvalue weighted by Gasteiger charge is -2.14. The number of terminal acetylenes is 1. The van der Waals surface area contributed by atoms with E-state index < -0.39 is 5.91 Å². The molecule has 0 radical (unpaired) electrons. The van der Waals surface area contributed by atoms with E-state index in [2.05, 4.69) is 11.2 Å². The van der Waals surface area contributed by atoms with E-state index in [4.69, 9.17) is 27.5 Å². The van der Waals surface area contributed by atoms with Crippen LogP contribution in [0.2, 0.25) is 5.02 Å². The van der Waals surface area contributed by atoms with Crippen molar-refractivity contribution in [3.8, 4) is 29.9 Å². The Hall–Kier alpha value is -3.41. The van der Waals surface area contributed by atoms with Crippen molar-refractivity contribution in [2.45, 2.75) is 19.9 Å². The maximum Gasteiger partial charge on any atom is 0.262 e. The van der Waals surface area contributed by atoms with Crippen LogP contribution in [0.1, 0.15) is 31.0 Å². The van der Waals surface area contributed by atoms with Crippen LogP contribution in [0.3, 0.4) is 0 Å². The van der Waals surface area contributed by atoms with Gasteiger partial charge in [-0.2, -0.15) is 5.26 Å². The third-order valence-electron chi connectivity index (χ3n) is 3.95. The van der Waals surface area contributed by atoms with E-state index in [0.717, 1.165) is 5.56 Å². The Morgan fingerprint density at radius 3 is 2.66 bits per heavy atom. The van der Waals surface area contributed by atoms with Gasteiger partial charge in [0.2, 0.25) is 0 Å². The molecule has 0 heterocycles. The molecule has 1 atom stereocenters. The van der Waals surface area contributed by atoms with E-state index in [9.17, 15) is 10.1 Å². The van der Waals surface area contributed by atoms with Gasteiger partial charge in [-0.05, 0) is 43.2 Å². The van der Waals surface area contributed by atoms with E-state index >= 15 is 0 Å². The van der Waals surface area contributed by atoms with Gasteiger partial charge in [0.05, 0.1) is 17.7 Å². The van der Waals surface area contributed by atoms with Crippen LogP contribution in [-0.2, 0) is 4.79 Å². The maximum atomic E-state index is 12.6. The average Bonchev–Trinajstić information content (AvgIpc) is 2.72. The van der Waals surface area contributed by atoms with Gasteiger partial charge in [0.1, 0.15) is 18.2 Å². The van der Waals surface area contributed by atoms with Crippen LogP contribution in [0.15, 0.2) is 48.0 Å². The predicted molar refractivity (Wildman–Crippen MR) is 114 cm³/mol. The fraction of sp³-hybridized carbons (Fsp3) is 0.217. The van der Waals surface area contributed by atoms with Crippen molar-refractivity contribution in [3.63, 3.8) is 0 Å². The Kier molecular flexibility index (Phi) is 8.15. The number of carbonyl (C=O) groups is 1. The van der Waals surface area contributed by atoms with Gasteiger partial charge in [0, 0.05) is 0 Å². The summed E-state index contributed by atoms with van der Waals surface area (Å²) in [5, 5.41) is 12.6. The molecule has 148 valence electrons. The first-order valence-electron chi connectivity index (χ1n) is 9.00. The number of halogens is 1. The molecular weight excluding hydrogens is 388 g/mol. The summed E-state index contributed by atoms with van der Waals surface area (Å²) in [6, 6.07) is 14.4. The van der Waals surface area contributed by atoms with Crippen molar-refractivity contribution < 1.29 is 14.3 Å². The molecule has 0 aliphatic carbocycles. The smallest absolute Gasteiger partial charge is 0.262 e. The van der Waals surface area contributed by atoms with Gasteiger partial charge < -0.3 is 14.8 Å². The third kappa shape index (κ3) is 6.04. The van der Waals surface area contributed by atoms with E-state index in [1.807, 2.05) is 50.2 Å². The molecule has 0 bridgehead atoms. The molecule has 0 unspecified atom stereocenters. The molecule has 0 saturated carbocycles. The van der Waals surface area contributed by atoms with E-state index in [0.29, 0.717) is 23.7 Å². The number of hydrogen-bond acceptors (Lipinski definition) is 4. The van der Waals surface area contributed by atoms with Crippen LogP contribution in [-0.4, -0.2) is 19.1 Å².